The molecule has 1 fully saturated rings. The number of hydrogen-bond donors (Lipinski definition) is 1. The minimum absolute atomic E-state index is 0.0645. The van der Waals surface area contributed by atoms with Crippen LogP contribution in [0.15, 0.2) is 0 Å². The predicted molar refractivity (Wildman–Crippen MR) is 53.3 cm³/mol. The zero-order valence-electron chi connectivity index (χ0n) is 7.64. The molecule has 3 atom stereocenters. The van der Waals surface area contributed by atoms with Gasteiger partial charge in [0.05, 0.1) is 4.83 Å². The van der Waals surface area contributed by atoms with Crippen LogP contribution in [0.4, 0.5) is 0 Å². The minimum atomic E-state index is -0.0645. The van der Waals surface area contributed by atoms with Gasteiger partial charge in [0, 0.05) is 6.04 Å². The first-order valence-corrected chi connectivity index (χ1v) is 5.47. The van der Waals surface area contributed by atoms with Gasteiger partial charge in [-0.3, -0.25) is 4.79 Å². The van der Waals surface area contributed by atoms with E-state index in [2.05, 4.69) is 28.2 Å². The van der Waals surface area contributed by atoms with Crippen molar-refractivity contribution in [3.05, 3.63) is 0 Å². The van der Waals surface area contributed by atoms with Crippen LogP contribution in [0.3, 0.4) is 0 Å². The van der Waals surface area contributed by atoms with E-state index in [9.17, 15) is 4.79 Å². The molecule has 70 valence electrons. The molecule has 12 heavy (non-hydrogen) atoms. The molecule has 0 bridgehead atoms. The molecule has 0 aromatic heterocycles. The Kier molecular flexibility index (Phi) is 3.56. The van der Waals surface area contributed by atoms with E-state index in [1.807, 2.05) is 6.92 Å². The maximum absolute atomic E-state index is 11.3. The molecule has 3 heteroatoms. The third-order valence-electron chi connectivity index (χ3n) is 2.55. The summed E-state index contributed by atoms with van der Waals surface area (Å²) in [7, 11) is 0. The van der Waals surface area contributed by atoms with E-state index in [1.54, 1.807) is 0 Å². The number of carbonyl (C=O) groups excluding carboxylic acids is 1. The summed E-state index contributed by atoms with van der Waals surface area (Å²) in [6.07, 6.45) is 3.65. The second-order valence-electron chi connectivity index (χ2n) is 3.64. The second-order valence-corrected chi connectivity index (χ2v) is 5.01. The largest absolute Gasteiger partial charge is 0.352 e. The van der Waals surface area contributed by atoms with Gasteiger partial charge in [-0.1, -0.05) is 29.3 Å². The predicted octanol–water partition coefficient (Wildman–Crippen LogP) is 2.07. The molecule has 2 nitrogen and oxygen atoms in total. The Morgan fingerprint density at radius 2 is 2.25 bits per heavy atom. The summed E-state index contributed by atoms with van der Waals surface area (Å²) < 4.78 is 0. The zero-order chi connectivity index (χ0) is 9.14. The molecule has 0 aliphatic heterocycles. The van der Waals surface area contributed by atoms with Crippen molar-refractivity contribution in [1.82, 2.24) is 5.32 Å². The Morgan fingerprint density at radius 1 is 1.58 bits per heavy atom. The van der Waals surface area contributed by atoms with E-state index in [1.165, 1.54) is 12.8 Å². The summed E-state index contributed by atoms with van der Waals surface area (Å²) >= 11 is 3.25. The van der Waals surface area contributed by atoms with Gasteiger partial charge in [0.1, 0.15) is 0 Å². The number of hydrogen-bond acceptors (Lipinski definition) is 1. The van der Waals surface area contributed by atoms with E-state index in [4.69, 9.17) is 0 Å². The van der Waals surface area contributed by atoms with Gasteiger partial charge in [0.15, 0.2) is 0 Å². The summed E-state index contributed by atoms with van der Waals surface area (Å²) in [5.41, 5.74) is 0. The highest BCUT2D eigenvalue weighted by Gasteiger charge is 2.25. The summed E-state index contributed by atoms with van der Waals surface area (Å²) in [4.78, 5) is 11.2. The quantitative estimate of drug-likeness (QED) is 0.728. The van der Waals surface area contributed by atoms with Crippen LogP contribution in [-0.2, 0) is 4.79 Å². The van der Waals surface area contributed by atoms with Gasteiger partial charge in [-0.15, -0.1) is 0 Å². The Balaban J connectivity index is 2.35. The zero-order valence-corrected chi connectivity index (χ0v) is 9.23. The molecule has 0 spiro atoms. The smallest absolute Gasteiger partial charge is 0.233 e. The molecule has 0 saturated heterocycles. The standard InChI is InChI=1S/C9H16BrNO/c1-6-4-3-5-8(6)11-9(12)7(2)10/h6-8H,3-5H2,1-2H3,(H,11,12). The number of amides is 1. The Morgan fingerprint density at radius 3 is 2.67 bits per heavy atom. The second kappa shape index (κ2) is 4.26. The van der Waals surface area contributed by atoms with E-state index in [0.717, 1.165) is 6.42 Å². The van der Waals surface area contributed by atoms with E-state index in [-0.39, 0.29) is 10.7 Å². The van der Waals surface area contributed by atoms with Gasteiger partial charge in [0.25, 0.3) is 0 Å². The van der Waals surface area contributed by atoms with Crippen LogP contribution >= 0.6 is 15.9 Å². The average molecular weight is 234 g/mol. The lowest BCUT2D eigenvalue weighted by Gasteiger charge is -2.17. The average Bonchev–Trinajstić information content (AvgIpc) is 2.36. The molecule has 3 unspecified atom stereocenters. The van der Waals surface area contributed by atoms with Gasteiger partial charge >= 0.3 is 0 Å². The SMILES string of the molecule is CC(Br)C(=O)NC1CCCC1C. The van der Waals surface area contributed by atoms with Crippen LogP contribution in [0.25, 0.3) is 0 Å². The molecular formula is C9H16BrNO. The van der Waals surface area contributed by atoms with E-state index < -0.39 is 0 Å². The molecule has 1 amide bonds. The molecule has 1 aliphatic carbocycles. The summed E-state index contributed by atoms with van der Waals surface area (Å²) in [5.74, 6) is 0.772. The summed E-state index contributed by atoms with van der Waals surface area (Å²) in [6, 6.07) is 0.414. The van der Waals surface area contributed by atoms with Crippen molar-refractivity contribution >= 4 is 21.8 Å². The normalized spacial score (nSPS) is 31.6. The first-order chi connectivity index (χ1) is 5.61. The van der Waals surface area contributed by atoms with Crippen LogP contribution in [0.2, 0.25) is 0 Å². The molecule has 0 radical (unpaired) electrons. The Labute approximate surface area is 82.2 Å². The van der Waals surface area contributed by atoms with Crippen LogP contribution in [-0.4, -0.2) is 16.8 Å². The maximum atomic E-state index is 11.3. The monoisotopic (exact) mass is 233 g/mol. The molecule has 1 N–H and O–H groups in total. The van der Waals surface area contributed by atoms with E-state index in [0.29, 0.717) is 12.0 Å². The van der Waals surface area contributed by atoms with Crippen molar-refractivity contribution in [2.45, 2.75) is 44.0 Å². The fraction of sp³-hybridized carbons (Fsp3) is 0.889. The molecule has 0 aromatic rings. The lowest BCUT2D eigenvalue weighted by atomic mass is 10.1. The van der Waals surface area contributed by atoms with Crippen molar-refractivity contribution in [2.24, 2.45) is 5.92 Å². The fourth-order valence-electron chi connectivity index (χ4n) is 1.66. The van der Waals surface area contributed by atoms with Gasteiger partial charge < -0.3 is 5.32 Å². The maximum Gasteiger partial charge on any atom is 0.233 e. The lowest BCUT2D eigenvalue weighted by molar-refractivity contribution is -0.121. The van der Waals surface area contributed by atoms with Crippen molar-refractivity contribution in [3.63, 3.8) is 0 Å². The highest BCUT2D eigenvalue weighted by Crippen LogP contribution is 2.24. The topological polar surface area (TPSA) is 29.1 Å². The Bertz CT molecular complexity index is 170. The van der Waals surface area contributed by atoms with Crippen LogP contribution in [0.5, 0.6) is 0 Å². The van der Waals surface area contributed by atoms with Crippen LogP contribution in [0.1, 0.15) is 33.1 Å². The third kappa shape index (κ3) is 2.47. The first kappa shape index (κ1) is 10.0. The number of rotatable bonds is 2. The van der Waals surface area contributed by atoms with Gasteiger partial charge in [-0.2, -0.15) is 0 Å². The van der Waals surface area contributed by atoms with Crippen molar-refractivity contribution in [2.75, 3.05) is 0 Å². The minimum Gasteiger partial charge on any atom is -0.352 e. The third-order valence-corrected chi connectivity index (χ3v) is 2.97. The van der Waals surface area contributed by atoms with Crippen LogP contribution < -0.4 is 5.32 Å². The highest BCUT2D eigenvalue weighted by atomic mass is 79.9. The molecule has 1 rings (SSSR count). The molecule has 0 heterocycles. The van der Waals surface area contributed by atoms with Gasteiger partial charge in [0.2, 0.25) is 5.91 Å². The Hall–Kier alpha value is -0.0500. The first-order valence-electron chi connectivity index (χ1n) is 4.55. The van der Waals surface area contributed by atoms with Crippen molar-refractivity contribution in [3.8, 4) is 0 Å². The summed E-state index contributed by atoms with van der Waals surface area (Å²) in [6.45, 7) is 4.06. The molecular weight excluding hydrogens is 218 g/mol. The van der Waals surface area contributed by atoms with Gasteiger partial charge in [-0.25, -0.2) is 0 Å². The molecule has 1 saturated carbocycles. The van der Waals surface area contributed by atoms with Crippen molar-refractivity contribution < 1.29 is 4.79 Å². The number of alkyl halides is 1. The molecule has 0 aromatic carbocycles. The highest BCUT2D eigenvalue weighted by molar-refractivity contribution is 9.10. The number of halogens is 1. The molecule has 1 aliphatic rings. The van der Waals surface area contributed by atoms with Gasteiger partial charge in [-0.05, 0) is 25.7 Å². The number of nitrogens with one attached hydrogen (secondary N) is 1. The fourth-order valence-corrected chi connectivity index (χ4v) is 1.79. The summed E-state index contributed by atoms with van der Waals surface area (Å²) in [5, 5.41) is 3.04. The number of carbonyl (C=O) groups is 1. The van der Waals surface area contributed by atoms with Crippen LogP contribution in [0, 0.1) is 5.92 Å². The van der Waals surface area contributed by atoms with Crippen molar-refractivity contribution in [1.29, 1.82) is 0 Å². The van der Waals surface area contributed by atoms with E-state index >= 15 is 0 Å². The lowest BCUT2D eigenvalue weighted by Crippen LogP contribution is -2.39.